The van der Waals surface area contributed by atoms with Crippen LogP contribution in [0.2, 0.25) is 0 Å². The fraction of sp³-hybridized carbons (Fsp3) is 0.909. The van der Waals surface area contributed by atoms with Crippen LogP contribution in [-0.2, 0) is 9.47 Å². The first-order chi connectivity index (χ1) is 8.29. The van der Waals surface area contributed by atoms with Gasteiger partial charge in [-0.15, -0.1) is 0 Å². The third kappa shape index (κ3) is 4.89. The van der Waals surface area contributed by atoms with E-state index in [0.717, 1.165) is 45.6 Å². The molecule has 0 bridgehead atoms. The second kappa shape index (κ2) is 8.27. The Morgan fingerprint density at radius 2 is 2.29 bits per heavy atom. The van der Waals surface area contributed by atoms with Crippen LogP contribution in [0.25, 0.3) is 0 Å². The van der Waals surface area contributed by atoms with Crippen LogP contribution >= 0.6 is 0 Å². The topological polar surface area (TPSA) is 80.3 Å². The first-order valence-corrected chi connectivity index (χ1v) is 6.07. The van der Waals surface area contributed by atoms with E-state index in [1.54, 1.807) is 7.11 Å². The number of nitrogens with zero attached hydrogens (tertiary/aromatic N) is 2. The summed E-state index contributed by atoms with van der Waals surface area (Å²) in [5.41, 5.74) is 5.64. The van der Waals surface area contributed by atoms with E-state index in [1.165, 1.54) is 0 Å². The van der Waals surface area contributed by atoms with Gasteiger partial charge in [-0.25, -0.2) is 0 Å². The average molecular weight is 245 g/mol. The van der Waals surface area contributed by atoms with Crippen molar-refractivity contribution >= 4 is 5.84 Å². The highest BCUT2D eigenvalue weighted by molar-refractivity contribution is 5.85. The molecule has 1 unspecified atom stereocenters. The quantitative estimate of drug-likeness (QED) is 0.211. The lowest BCUT2D eigenvalue weighted by molar-refractivity contribution is 0.0852. The third-order valence-corrected chi connectivity index (χ3v) is 2.98. The summed E-state index contributed by atoms with van der Waals surface area (Å²) < 4.78 is 10.4. The highest BCUT2D eigenvalue weighted by atomic mass is 16.5. The van der Waals surface area contributed by atoms with Gasteiger partial charge in [0.15, 0.2) is 5.84 Å². The third-order valence-electron chi connectivity index (χ3n) is 2.98. The minimum Gasteiger partial charge on any atom is -0.409 e. The van der Waals surface area contributed by atoms with Crippen LogP contribution in [0.4, 0.5) is 0 Å². The zero-order chi connectivity index (χ0) is 12.5. The van der Waals surface area contributed by atoms with Gasteiger partial charge in [0, 0.05) is 26.9 Å². The number of hydrogen-bond acceptors (Lipinski definition) is 5. The lowest BCUT2D eigenvalue weighted by atomic mass is 10.2. The molecule has 0 radical (unpaired) electrons. The van der Waals surface area contributed by atoms with E-state index in [2.05, 4.69) is 10.1 Å². The average Bonchev–Trinajstić information content (AvgIpc) is 2.81. The molecular weight excluding hydrogens is 222 g/mol. The minimum atomic E-state index is 0.0718. The minimum absolute atomic E-state index is 0.0718. The molecule has 1 aliphatic heterocycles. The van der Waals surface area contributed by atoms with Crippen molar-refractivity contribution in [3.8, 4) is 0 Å². The van der Waals surface area contributed by atoms with Crippen molar-refractivity contribution in [3.05, 3.63) is 0 Å². The van der Waals surface area contributed by atoms with E-state index >= 15 is 0 Å². The van der Waals surface area contributed by atoms with E-state index in [1.807, 2.05) is 0 Å². The van der Waals surface area contributed by atoms with E-state index in [-0.39, 0.29) is 6.04 Å². The molecule has 1 saturated heterocycles. The molecule has 1 heterocycles. The van der Waals surface area contributed by atoms with Crippen molar-refractivity contribution in [3.63, 3.8) is 0 Å². The van der Waals surface area contributed by atoms with Crippen molar-refractivity contribution in [1.82, 2.24) is 4.90 Å². The summed E-state index contributed by atoms with van der Waals surface area (Å²) in [6, 6.07) is 0.0718. The van der Waals surface area contributed by atoms with Crippen LogP contribution in [0, 0.1) is 0 Å². The zero-order valence-corrected chi connectivity index (χ0v) is 10.5. The molecule has 0 aromatic carbocycles. The Bertz CT molecular complexity index is 236. The Morgan fingerprint density at radius 1 is 1.47 bits per heavy atom. The highest BCUT2D eigenvalue weighted by Crippen LogP contribution is 2.16. The van der Waals surface area contributed by atoms with Gasteiger partial charge in [-0.1, -0.05) is 5.16 Å². The Balaban J connectivity index is 2.13. The second-order valence-corrected chi connectivity index (χ2v) is 4.18. The van der Waals surface area contributed by atoms with Crippen LogP contribution in [0.1, 0.15) is 19.3 Å². The summed E-state index contributed by atoms with van der Waals surface area (Å²) in [4.78, 5) is 2.20. The molecule has 0 aliphatic carbocycles. The molecule has 17 heavy (non-hydrogen) atoms. The number of ether oxygens (including phenoxy) is 2. The van der Waals surface area contributed by atoms with Crippen molar-refractivity contribution < 1.29 is 14.7 Å². The number of amidine groups is 1. The van der Waals surface area contributed by atoms with Crippen LogP contribution in [0.3, 0.4) is 0 Å². The maximum Gasteiger partial charge on any atom is 0.156 e. The van der Waals surface area contributed by atoms with Crippen LogP contribution in [0.5, 0.6) is 0 Å². The molecular formula is C11H23N3O3. The summed E-state index contributed by atoms with van der Waals surface area (Å²) in [6.45, 7) is 3.95. The summed E-state index contributed by atoms with van der Waals surface area (Å²) in [7, 11) is 1.69. The first kappa shape index (κ1) is 14.2. The standard InChI is InChI=1S/C11H23N3O3/c1-16-7-3-8-17-9-6-14-5-2-4-10(14)11(12)13-15/h10,15H,2-9H2,1H3,(H2,12,13). The molecule has 0 saturated carbocycles. The van der Waals surface area contributed by atoms with Crippen LogP contribution < -0.4 is 5.73 Å². The summed E-state index contributed by atoms with van der Waals surface area (Å²) in [6.07, 6.45) is 2.96. The Kier molecular flexibility index (Phi) is 6.91. The van der Waals surface area contributed by atoms with Crippen molar-refractivity contribution in [2.45, 2.75) is 25.3 Å². The molecule has 100 valence electrons. The number of oxime groups is 1. The molecule has 1 aliphatic rings. The lowest BCUT2D eigenvalue weighted by Crippen LogP contribution is -2.42. The first-order valence-electron chi connectivity index (χ1n) is 6.07. The van der Waals surface area contributed by atoms with Crippen molar-refractivity contribution in [2.75, 3.05) is 40.0 Å². The summed E-state index contributed by atoms with van der Waals surface area (Å²) in [5, 5.41) is 11.8. The van der Waals surface area contributed by atoms with Gasteiger partial charge in [0.1, 0.15) is 0 Å². The molecule has 0 amide bonds. The van der Waals surface area contributed by atoms with Crippen molar-refractivity contribution in [1.29, 1.82) is 0 Å². The largest absolute Gasteiger partial charge is 0.409 e. The molecule has 1 atom stereocenters. The lowest BCUT2D eigenvalue weighted by Gasteiger charge is -2.22. The molecule has 0 aromatic heterocycles. The molecule has 3 N–H and O–H groups in total. The molecule has 0 spiro atoms. The van der Waals surface area contributed by atoms with E-state index < -0.39 is 0 Å². The normalized spacial score (nSPS) is 22.2. The molecule has 0 aromatic rings. The predicted molar refractivity (Wildman–Crippen MR) is 65.3 cm³/mol. The van der Waals surface area contributed by atoms with Gasteiger partial charge in [0.25, 0.3) is 0 Å². The van der Waals surface area contributed by atoms with Crippen LogP contribution in [0.15, 0.2) is 5.16 Å². The van der Waals surface area contributed by atoms with E-state index in [0.29, 0.717) is 12.4 Å². The zero-order valence-electron chi connectivity index (χ0n) is 10.5. The summed E-state index contributed by atoms with van der Waals surface area (Å²) in [5.74, 6) is 0.307. The van der Waals surface area contributed by atoms with Crippen LogP contribution in [-0.4, -0.2) is 62.0 Å². The Hall–Kier alpha value is -0.850. The van der Waals surface area contributed by atoms with Gasteiger partial charge in [0.05, 0.1) is 12.6 Å². The molecule has 1 fully saturated rings. The van der Waals surface area contributed by atoms with E-state index in [9.17, 15) is 0 Å². The Labute approximate surface area is 102 Å². The monoisotopic (exact) mass is 245 g/mol. The summed E-state index contributed by atoms with van der Waals surface area (Å²) >= 11 is 0. The fourth-order valence-corrected chi connectivity index (χ4v) is 2.08. The molecule has 6 heteroatoms. The van der Waals surface area contributed by atoms with Gasteiger partial charge in [-0.3, -0.25) is 4.90 Å². The van der Waals surface area contributed by atoms with Gasteiger partial charge < -0.3 is 20.4 Å². The number of nitrogens with two attached hydrogens (primary N) is 1. The highest BCUT2D eigenvalue weighted by Gasteiger charge is 2.27. The maximum atomic E-state index is 8.67. The SMILES string of the molecule is COCCCOCCN1CCCC1C(N)=NO. The number of hydrogen-bond donors (Lipinski definition) is 2. The van der Waals surface area contributed by atoms with E-state index in [4.69, 9.17) is 20.4 Å². The number of likely N-dealkylation sites (tertiary alicyclic amines) is 1. The maximum absolute atomic E-state index is 8.67. The van der Waals surface area contributed by atoms with Crippen molar-refractivity contribution in [2.24, 2.45) is 10.9 Å². The van der Waals surface area contributed by atoms with Gasteiger partial charge >= 0.3 is 0 Å². The number of rotatable bonds is 8. The smallest absolute Gasteiger partial charge is 0.156 e. The van der Waals surface area contributed by atoms with Gasteiger partial charge in [-0.2, -0.15) is 0 Å². The second-order valence-electron chi connectivity index (χ2n) is 4.18. The van der Waals surface area contributed by atoms with Gasteiger partial charge in [-0.05, 0) is 25.8 Å². The predicted octanol–water partition coefficient (Wildman–Crippen LogP) is 0.250. The molecule has 6 nitrogen and oxygen atoms in total. The fourth-order valence-electron chi connectivity index (χ4n) is 2.08. The molecule has 1 rings (SSSR count). The number of methoxy groups -OCH3 is 1. The Morgan fingerprint density at radius 3 is 3.00 bits per heavy atom. The van der Waals surface area contributed by atoms with Gasteiger partial charge in [0.2, 0.25) is 0 Å².